The van der Waals surface area contributed by atoms with Crippen molar-refractivity contribution in [3.8, 4) is 0 Å². The van der Waals surface area contributed by atoms with E-state index < -0.39 is 0 Å². The van der Waals surface area contributed by atoms with Crippen LogP contribution in [-0.2, 0) is 13.0 Å². The van der Waals surface area contributed by atoms with Crippen LogP contribution in [0.1, 0.15) is 17.8 Å². The van der Waals surface area contributed by atoms with Crippen molar-refractivity contribution >= 4 is 27.8 Å². The van der Waals surface area contributed by atoms with Crippen molar-refractivity contribution in [2.45, 2.75) is 19.4 Å². The molecule has 0 spiro atoms. The Morgan fingerprint density at radius 1 is 1.12 bits per heavy atom. The first-order valence-corrected chi connectivity index (χ1v) is 8.53. The van der Waals surface area contributed by atoms with Gasteiger partial charge in [-0.1, -0.05) is 30.3 Å². The highest BCUT2D eigenvalue weighted by atomic mass is 16.3. The van der Waals surface area contributed by atoms with Gasteiger partial charge in [0.25, 0.3) is 5.56 Å². The second-order valence-electron chi connectivity index (χ2n) is 6.44. The number of hydrogen-bond donors (Lipinski definition) is 1. The zero-order chi connectivity index (χ0) is 16.8. The van der Waals surface area contributed by atoms with E-state index >= 15 is 0 Å². The average Bonchev–Trinajstić information content (AvgIpc) is 3.02. The van der Waals surface area contributed by atoms with Crippen LogP contribution in [0.4, 0.5) is 5.69 Å². The number of H-pyrrole nitrogens is 1. The number of fused-ring (bicyclic) bond motifs is 4. The van der Waals surface area contributed by atoms with Gasteiger partial charge >= 0.3 is 0 Å². The van der Waals surface area contributed by atoms with Gasteiger partial charge in [0, 0.05) is 17.6 Å². The fraction of sp³-hybridized carbons (Fsp3) is 0.200. The fourth-order valence-electron chi connectivity index (χ4n) is 3.68. The highest BCUT2D eigenvalue weighted by Crippen LogP contribution is 2.28. The quantitative estimate of drug-likeness (QED) is 0.609. The predicted molar refractivity (Wildman–Crippen MR) is 97.9 cm³/mol. The topological polar surface area (TPSA) is 62.1 Å². The summed E-state index contributed by atoms with van der Waals surface area (Å²) >= 11 is 0. The van der Waals surface area contributed by atoms with Gasteiger partial charge in [-0.05, 0) is 36.6 Å². The number of hydrogen-bond acceptors (Lipinski definition) is 4. The van der Waals surface area contributed by atoms with Crippen LogP contribution in [-0.4, -0.2) is 16.5 Å². The lowest BCUT2D eigenvalue weighted by molar-refractivity contribution is 0.652. The predicted octanol–water partition coefficient (Wildman–Crippen LogP) is 3.62. The van der Waals surface area contributed by atoms with Gasteiger partial charge in [0.2, 0.25) is 5.58 Å². The fourth-order valence-corrected chi connectivity index (χ4v) is 3.68. The number of nitrogens with zero attached hydrogens (tertiary/aromatic N) is 2. The molecule has 2 aromatic carbocycles. The average molecular weight is 331 g/mol. The van der Waals surface area contributed by atoms with Crippen molar-refractivity contribution in [1.82, 2.24) is 9.97 Å². The van der Waals surface area contributed by atoms with Crippen LogP contribution in [0.15, 0.2) is 57.7 Å². The van der Waals surface area contributed by atoms with E-state index in [1.54, 1.807) is 0 Å². The van der Waals surface area contributed by atoms with Crippen molar-refractivity contribution in [2.24, 2.45) is 0 Å². The largest absolute Gasteiger partial charge is 0.449 e. The smallest absolute Gasteiger partial charge is 0.294 e. The number of nitrogens with one attached hydrogen (secondary N) is 1. The Morgan fingerprint density at radius 3 is 2.92 bits per heavy atom. The molecule has 0 amide bonds. The summed E-state index contributed by atoms with van der Waals surface area (Å²) in [4.78, 5) is 22.3. The molecule has 0 fully saturated rings. The maximum atomic E-state index is 12.4. The molecule has 0 bridgehead atoms. The molecule has 1 N–H and O–H groups in total. The Hall–Kier alpha value is -3.08. The van der Waals surface area contributed by atoms with Gasteiger partial charge in [0.05, 0.1) is 6.54 Å². The van der Waals surface area contributed by atoms with Crippen LogP contribution in [0.2, 0.25) is 0 Å². The molecule has 0 unspecified atom stereocenters. The van der Waals surface area contributed by atoms with E-state index in [1.807, 2.05) is 24.3 Å². The molecule has 0 radical (unpaired) electrons. The Morgan fingerprint density at radius 2 is 1.96 bits per heavy atom. The zero-order valence-electron chi connectivity index (χ0n) is 13.7. The molecule has 0 aliphatic carbocycles. The van der Waals surface area contributed by atoms with Crippen LogP contribution >= 0.6 is 0 Å². The third-order valence-electron chi connectivity index (χ3n) is 4.83. The number of rotatable bonds is 2. The summed E-state index contributed by atoms with van der Waals surface area (Å²) in [6, 6.07) is 16.1. The van der Waals surface area contributed by atoms with E-state index in [9.17, 15) is 4.79 Å². The molecule has 0 atom stereocenters. The summed E-state index contributed by atoms with van der Waals surface area (Å²) in [7, 11) is 0. The summed E-state index contributed by atoms with van der Waals surface area (Å²) in [5, 5.41) is 0.879. The number of aryl methyl sites for hydroxylation is 1. The van der Waals surface area contributed by atoms with E-state index in [-0.39, 0.29) is 5.56 Å². The summed E-state index contributed by atoms with van der Waals surface area (Å²) in [6.45, 7) is 1.55. The number of aromatic amines is 1. The van der Waals surface area contributed by atoms with Crippen LogP contribution in [0, 0.1) is 0 Å². The van der Waals surface area contributed by atoms with E-state index in [2.05, 4.69) is 34.1 Å². The van der Waals surface area contributed by atoms with E-state index in [1.165, 1.54) is 11.3 Å². The molecule has 2 aromatic heterocycles. The molecule has 5 heteroatoms. The number of anilines is 1. The van der Waals surface area contributed by atoms with Gasteiger partial charge in [-0.3, -0.25) is 4.79 Å². The third-order valence-corrected chi connectivity index (χ3v) is 4.83. The highest BCUT2D eigenvalue weighted by molar-refractivity contribution is 6.01. The minimum absolute atomic E-state index is 0.221. The molecule has 1 aliphatic rings. The molecule has 0 saturated carbocycles. The molecule has 124 valence electrons. The summed E-state index contributed by atoms with van der Waals surface area (Å²) in [5.41, 5.74) is 3.99. The summed E-state index contributed by atoms with van der Waals surface area (Å²) in [6.07, 6.45) is 2.21. The number of para-hydroxylation sites is 2. The van der Waals surface area contributed by atoms with E-state index in [0.29, 0.717) is 29.1 Å². The van der Waals surface area contributed by atoms with Crippen LogP contribution in [0.25, 0.3) is 22.1 Å². The maximum Gasteiger partial charge on any atom is 0.294 e. The molecule has 5 nitrogen and oxygen atoms in total. The van der Waals surface area contributed by atoms with Crippen molar-refractivity contribution in [3.63, 3.8) is 0 Å². The van der Waals surface area contributed by atoms with Crippen LogP contribution < -0.4 is 10.5 Å². The number of aromatic nitrogens is 2. The zero-order valence-corrected chi connectivity index (χ0v) is 13.7. The molecular weight excluding hydrogens is 314 g/mol. The van der Waals surface area contributed by atoms with Gasteiger partial charge in [-0.15, -0.1) is 0 Å². The van der Waals surface area contributed by atoms with E-state index in [0.717, 1.165) is 24.8 Å². The standard InChI is InChI=1S/C20H17N3O2/c24-20-19-18(14-8-2-4-10-16(14)25-19)21-17(22-20)12-23-11-5-7-13-6-1-3-9-15(13)23/h1-4,6,8-10H,5,7,11-12H2,(H,21,22,24). The number of benzene rings is 2. The summed E-state index contributed by atoms with van der Waals surface area (Å²) < 4.78 is 5.66. The molecule has 3 heterocycles. The van der Waals surface area contributed by atoms with E-state index in [4.69, 9.17) is 9.40 Å². The van der Waals surface area contributed by atoms with Crippen LogP contribution in [0.5, 0.6) is 0 Å². The first kappa shape index (κ1) is 14.3. The molecular formula is C20H17N3O2. The highest BCUT2D eigenvalue weighted by Gasteiger charge is 2.19. The van der Waals surface area contributed by atoms with Gasteiger partial charge in [0.1, 0.15) is 16.9 Å². The molecule has 1 aliphatic heterocycles. The minimum Gasteiger partial charge on any atom is -0.449 e. The Balaban J connectivity index is 1.60. The van der Waals surface area contributed by atoms with Gasteiger partial charge < -0.3 is 14.3 Å². The summed E-state index contributed by atoms with van der Waals surface area (Å²) in [5.74, 6) is 0.667. The lowest BCUT2D eigenvalue weighted by atomic mass is 10.0. The molecule has 5 rings (SSSR count). The molecule has 4 aromatic rings. The Labute approximate surface area is 143 Å². The number of furan rings is 1. The Kier molecular flexibility index (Phi) is 3.13. The normalized spacial score (nSPS) is 14.2. The third kappa shape index (κ3) is 2.31. The van der Waals surface area contributed by atoms with Gasteiger partial charge in [0.15, 0.2) is 0 Å². The van der Waals surface area contributed by atoms with Gasteiger partial charge in [-0.2, -0.15) is 0 Å². The monoisotopic (exact) mass is 331 g/mol. The van der Waals surface area contributed by atoms with Crippen molar-refractivity contribution < 1.29 is 4.42 Å². The van der Waals surface area contributed by atoms with Crippen molar-refractivity contribution in [3.05, 3.63) is 70.3 Å². The Bertz CT molecular complexity index is 1140. The first-order chi connectivity index (χ1) is 12.3. The maximum absolute atomic E-state index is 12.4. The molecule has 25 heavy (non-hydrogen) atoms. The van der Waals surface area contributed by atoms with Gasteiger partial charge in [-0.25, -0.2) is 4.98 Å². The van der Waals surface area contributed by atoms with Crippen molar-refractivity contribution in [1.29, 1.82) is 0 Å². The first-order valence-electron chi connectivity index (χ1n) is 8.53. The van der Waals surface area contributed by atoms with Crippen LogP contribution in [0.3, 0.4) is 0 Å². The second-order valence-corrected chi connectivity index (χ2v) is 6.44. The molecule has 0 saturated heterocycles. The lowest BCUT2D eigenvalue weighted by Crippen LogP contribution is -2.30. The van der Waals surface area contributed by atoms with Crippen molar-refractivity contribution in [2.75, 3.05) is 11.4 Å². The lowest BCUT2D eigenvalue weighted by Gasteiger charge is -2.30. The SMILES string of the molecule is O=c1[nH]c(CN2CCCc3ccccc32)nc2c1oc1ccccc12. The minimum atomic E-state index is -0.221. The second kappa shape index (κ2) is 5.48.